The number of rotatable bonds is 3. The maximum atomic E-state index is 6.12. The molecule has 14 heavy (non-hydrogen) atoms. The highest BCUT2D eigenvalue weighted by molar-refractivity contribution is 7.12. The lowest BCUT2D eigenvalue weighted by Crippen LogP contribution is -2.10. The zero-order valence-electron chi connectivity index (χ0n) is 8.07. The lowest BCUT2D eigenvalue weighted by molar-refractivity contribution is 0.745. The molecule has 0 saturated carbocycles. The van der Waals surface area contributed by atoms with Gasteiger partial charge in [-0.2, -0.15) is 0 Å². The predicted octanol–water partition coefficient (Wildman–Crippen LogP) is 3.36. The maximum Gasteiger partial charge on any atom is 0.0438 e. The van der Waals surface area contributed by atoms with Gasteiger partial charge in [0.1, 0.15) is 0 Å². The van der Waals surface area contributed by atoms with Gasteiger partial charge in [-0.3, -0.25) is 0 Å². The molecule has 0 spiro atoms. The molecule has 2 aromatic heterocycles. The Kier molecular flexibility index (Phi) is 3.01. The Morgan fingerprint density at radius 2 is 2.21 bits per heavy atom. The van der Waals surface area contributed by atoms with E-state index < -0.39 is 0 Å². The summed E-state index contributed by atoms with van der Waals surface area (Å²) >= 11 is 3.57. The lowest BCUT2D eigenvalue weighted by atomic mass is 10.1. The Labute approximate surface area is 92.2 Å². The molecule has 0 aliphatic heterocycles. The predicted molar refractivity (Wildman–Crippen MR) is 64.0 cm³/mol. The zero-order chi connectivity index (χ0) is 9.97. The Balaban J connectivity index is 2.06. The third-order valence-corrected chi connectivity index (χ3v) is 4.16. The molecule has 0 saturated heterocycles. The van der Waals surface area contributed by atoms with E-state index in [9.17, 15) is 0 Å². The largest absolute Gasteiger partial charge is 0.323 e. The van der Waals surface area contributed by atoms with Crippen LogP contribution in [0.15, 0.2) is 29.6 Å². The third kappa shape index (κ3) is 2.23. The van der Waals surface area contributed by atoms with Crippen molar-refractivity contribution in [3.63, 3.8) is 0 Å². The van der Waals surface area contributed by atoms with Crippen molar-refractivity contribution in [3.05, 3.63) is 44.3 Å². The van der Waals surface area contributed by atoms with Crippen molar-refractivity contribution >= 4 is 22.7 Å². The molecule has 2 aromatic rings. The highest BCUT2D eigenvalue weighted by Gasteiger charge is 2.09. The van der Waals surface area contributed by atoms with E-state index in [0.717, 1.165) is 6.42 Å². The monoisotopic (exact) mass is 223 g/mol. The van der Waals surface area contributed by atoms with Gasteiger partial charge in [-0.05, 0) is 30.5 Å². The Morgan fingerprint density at radius 3 is 2.79 bits per heavy atom. The molecular formula is C11H13NS2. The molecular weight excluding hydrogens is 210 g/mol. The Hall–Kier alpha value is -0.640. The summed E-state index contributed by atoms with van der Waals surface area (Å²) in [6.45, 7) is 2.12. The fraction of sp³-hybridized carbons (Fsp3) is 0.273. The number of thiophene rings is 2. The average molecular weight is 223 g/mol. The van der Waals surface area contributed by atoms with Crippen LogP contribution < -0.4 is 5.73 Å². The normalized spacial score (nSPS) is 13.0. The van der Waals surface area contributed by atoms with Gasteiger partial charge in [0.25, 0.3) is 0 Å². The van der Waals surface area contributed by atoms with Crippen LogP contribution in [0, 0.1) is 6.92 Å². The van der Waals surface area contributed by atoms with Crippen molar-refractivity contribution in [2.45, 2.75) is 19.4 Å². The van der Waals surface area contributed by atoms with Crippen molar-refractivity contribution in [1.29, 1.82) is 0 Å². The average Bonchev–Trinajstić information content (AvgIpc) is 2.75. The first-order valence-corrected chi connectivity index (χ1v) is 6.29. The molecule has 0 fully saturated rings. The highest BCUT2D eigenvalue weighted by Crippen LogP contribution is 2.25. The van der Waals surface area contributed by atoms with E-state index >= 15 is 0 Å². The second kappa shape index (κ2) is 4.26. The molecule has 2 heterocycles. The Morgan fingerprint density at radius 1 is 1.36 bits per heavy atom. The summed E-state index contributed by atoms with van der Waals surface area (Å²) in [6.07, 6.45) is 0.956. The standard InChI is InChI=1S/C11H13NS2/c1-8-4-5-11(14-8)10(12)7-9-3-2-6-13-9/h2-6,10H,7,12H2,1H3. The van der Waals surface area contributed by atoms with Gasteiger partial charge < -0.3 is 5.73 Å². The van der Waals surface area contributed by atoms with E-state index in [1.807, 2.05) is 0 Å². The number of hydrogen-bond acceptors (Lipinski definition) is 3. The van der Waals surface area contributed by atoms with Crippen molar-refractivity contribution in [3.8, 4) is 0 Å². The summed E-state index contributed by atoms with van der Waals surface area (Å²) in [5, 5.41) is 2.10. The van der Waals surface area contributed by atoms with Crippen LogP contribution in [0.5, 0.6) is 0 Å². The highest BCUT2D eigenvalue weighted by atomic mass is 32.1. The fourth-order valence-electron chi connectivity index (χ4n) is 1.40. The first kappa shape index (κ1) is 9.90. The van der Waals surface area contributed by atoms with Gasteiger partial charge >= 0.3 is 0 Å². The van der Waals surface area contributed by atoms with E-state index in [1.54, 1.807) is 22.7 Å². The fourth-order valence-corrected chi connectivity index (χ4v) is 3.04. The minimum atomic E-state index is 0.160. The van der Waals surface area contributed by atoms with E-state index in [4.69, 9.17) is 5.73 Å². The molecule has 0 aliphatic rings. The summed E-state index contributed by atoms with van der Waals surface area (Å²) in [6, 6.07) is 8.65. The van der Waals surface area contributed by atoms with Gasteiger partial charge in [0.05, 0.1) is 0 Å². The smallest absolute Gasteiger partial charge is 0.0438 e. The molecule has 0 amide bonds. The van der Waals surface area contributed by atoms with E-state index in [2.05, 4.69) is 36.6 Å². The van der Waals surface area contributed by atoms with E-state index in [0.29, 0.717) is 0 Å². The second-order valence-electron chi connectivity index (χ2n) is 3.34. The van der Waals surface area contributed by atoms with Gasteiger partial charge in [-0.25, -0.2) is 0 Å². The van der Waals surface area contributed by atoms with Crippen LogP contribution in [0.2, 0.25) is 0 Å². The lowest BCUT2D eigenvalue weighted by Gasteiger charge is -2.06. The summed E-state index contributed by atoms with van der Waals surface area (Å²) in [5.74, 6) is 0. The van der Waals surface area contributed by atoms with Crippen molar-refractivity contribution < 1.29 is 0 Å². The van der Waals surface area contributed by atoms with Crippen LogP contribution in [0.25, 0.3) is 0 Å². The van der Waals surface area contributed by atoms with Crippen LogP contribution in [-0.2, 0) is 6.42 Å². The van der Waals surface area contributed by atoms with E-state index in [1.165, 1.54) is 14.6 Å². The molecule has 2 N–H and O–H groups in total. The number of hydrogen-bond donors (Lipinski definition) is 1. The Bertz CT molecular complexity index is 389. The van der Waals surface area contributed by atoms with Crippen LogP contribution in [0.4, 0.5) is 0 Å². The van der Waals surface area contributed by atoms with Gasteiger partial charge in [-0.15, -0.1) is 22.7 Å². The molecule has 1 unspecified atom stereocenters. The molecule has 1 atom stereocenters. The summed E-state index contributed by atoms with van der Waals surface area (Å²) in [4.78, 5) is 3.99. The molecule has 0 aliphatic carbocycles. The zero-order valence-corrected chi connectivity index (χ0v) is 9.70. The molecule has 74 valence electrons. The van der Waals surface area contributed by atoms with Crippen LogP contribution in [0.1, 0.15) is 20.7 Å². The number of nitrogens with two attached hydrogens (primary N) is 1. The minimum absolute atomic E-state index is 0.160. The topological polar surface area (TPSA) is 26.0 Å². The third-order valence-electron chi connectivity index (χ3n) is 2.13. The van der Waals surface area contributed by atoms with Gasteiger partial charge in [0.15, 0.2) is 0 Å². The first-order valence-electron chi connectivity index (χ1n) is 4.60. The SMILES string of the molecule is Cc1ccc(C(N)Cc2cccs2)s1. The first-order chi connectivity index (χ1) is 6.75. The quantitative estimate of drug-likeness (QED) is 0.848. The van der Waals surface area contributed by atoms with Gasteiger partial charge in [0.2, 0.25) is 0 Å². The summed E-state index contributed by atoms with van der Waals surface area (Å²) in [7, 11) is 0. The van der Waals surface area contributed by atoms with Crippen LogP contribution in [0.3, 0.4) is 0 Å². The summed E-state index contributed by atoms with van der Waals surface area (Å²) < 4.78 is 0. The van der Waals surface area contributed by atoms with Crippen molar-refractivity contribution in [1.82, 2.24) is 0 Å². The second-order valence-corrected chi connectivity index (χ2v) is 5.69. The van der Waals surface area contributed by atoms with Crippen LogP contribution >= 0.6 is 22.7 Å². The van der Waals surface area contributed by atoms with Crippen molar-refractivity contribution in [2.24, 2.45) is 5.73 Å². The molecule has 0 aromatic carbocycles. The minimum Gasteiger partial charge on any atom is -0.323 e. The number of aryl methyl sites for hydroxylation is 1. The van der Waals surface area contributed by atoms with Gasteiger partial charge in [-0.1, -0.05) is 6.07 Å². The molecule has 0 bridgehead atoms. The summed E-state index contributed by atoms with van der Waals surface area (Å²) in [5.41, 5.74) is 6.12. The van der Waals surface area contributed by atoms with Gasteiger partial charge in [0, 0.05) is 27.1 Å². The molecule has 1 nitrogen and oxygen atoms in total. The molecule has 2 rings (SSSR count). The van der Waals surface area contributed by atoms with E-state index in [-0.39, 0.29) is 6.04 Å². The van der Waals surface area contributed by atoms with Crippen LogP contribution in [-0.4, -0.2) is 0 Å². The molecule has 0 radical (unpaired) electrons. The van der Waals surface area contributed by atoms with Crippen molar-refractivity contribution in [2.75, 3.05) is 0 Å². The maximum absolute atomic E-state index is 6.12. The molecule has 3 heteroatoms.